The second-order valence-electron chi connectivity index (χ2n) is 8.66. The SMILES string of the molecule is CCc1ccc(S(=O)(=O)c2cnc3ccc(OC)cc3c2N2CCN(c3ccccc3)CC2)cc1. The lowest BCUT2D eigenvalue weighted by molar-refractivity contribution is 0.415. The van der Waals surface area contributed by atoms with Crippen LogP contribution >= 0.6 is 0 Å². The molecule has 0 saturated carbocycles. The maximum Gasteiger partial charge on any atom is 0.210 e. The van der Waals surface area contributed by atoms with E-state index >= 15 is 0 Å². The smallest absolute Gasteiger partial charge is 0.210 e. The highest BCUT2D eigenvalue weighted by Crippen LogP contribution is 2.38. The van der Waals surface area contributed by atoms with Crippen LogP contribution in [0.2, 0.25) is 0 Å². The van der Waals surface area contributed by atoms with Crippen molar-refractivity contribution in [3.8, 4) is 5.75 Å². The van der Waals surface area contributed by atoms with Gasteiger partial charge >= 0.3 is 0 Å². The molecule has 0 aliphatic carbocycles. The van der Waals surface area contributed by atoms with Crippen LogP contribution in [0.5, 0.6) is 5.75 Å². The Morgan fingerprint density at radius 1 is 0.886 bits per heavy atom. The number of methoxy groups -OCH3 is 1. The number of pyridine rings is 1. The Hall–Kier alpha value is -3.58. The van der Waals surface area contributed by atoms with Gasteiger partial charge in [-0.1, -0.05) is 37.3 Å². The van der Waals surface area contributed by atoms with Crippen LogP contribution in [0.25, 0.3) is 10.9 Å². The van der Waals surface area contributed by atoms with E-state index in [1.165, 1.54) is 11.9 Å². The van der Waals surface area contributed by atoms with Crippen molar-refractivity contribution >= 4 is 32.1 Å². The summed E-state index contributed by atoms with van der Waals surface area (Å²) < 4.78 is 33.2. The molecule has 7 heteroatoms. The predicted octanol–water partition coefficient (Wildman–Crippen LogP) is 4.97. The number of hydrogen-bond donors (Lipinski definition) is 0. The van der Waals surface area contributed by atoms with Crippen LogP contribution in [-0.2, 0) is 16.3 Å². The van der Waals surface area contributed by atoms with Crippen LogP contribution in [0.3, 0.4) is 0 Å². The highest BCUT2D eigenvalue weighted by Gasteiger charge is 2.29. The monoisotopic (exact) mass is 487 g/mol. The summed E-state index contributed by atoms with van der Waals surface area (Å²) in [5.41, 5.74) is 3.72. The summed E-state index contributed by atoms with van der Waals surface area (Å²) in [6.07, 6.45) is 2.37. The van der Waals surface area contributed by atoms with E-state index in [1.807, 2.05) is 48.5 Å². The number of anilines is 2. The van der Waals surface area contributed by atoms with Crippen molar-refractivity contribution in [2.45, 2.75) is 23.1 Å². The van der Waals surface area contributed by atoms with Crippen molar-refractivity contribution in [1.82, 2.24) is 4.98 Å². The van der Waals surface area contributed by atoms with Gasteiger partial charge in [-0.25, -0.2) is 8.42 Å². The van der Waals surface area contributed by atoms with Crippen molar-refractivity contribution in [3.63, 3.8) is 0 Å². The largest absolute Gasteiger partial charge is 0.497 e. The average Bonchev–Trinajstić information content (AvgIpc) is 2.92. The zero-order valence-electron chi connectivity index (χ0n) is 20.0. The highest BCUT2D eigenvalue weighted by molar-refractivity contribution is 7.91. The first-order valence-electron chi connectivity index (χ1n) is 11.9. The zero-order chi connectivity index (χ0) is 24.4. The van der Waals surface area contributed by atoms with E-state index in [0.717, 1.165) is 36.0 Å². The van der Waals surface area contributed by atoms with E-state index in [0.29, 0.717) is 24.5 Å². The molecule has 5 rings (SSSR count). The fourth-order valence-corrected chi connectivity index (χ4v) is 6.08. The van der Waals surface area contributed by atoms with Crippen molar-refractivity contribution in [1.29, 1.82) is 0 Å². The van der Waals surface area contributed by atoms with Crippen LogP contribution in [0.15, 0.2) is 88.8 Å². The summed E-state index contributed by atoms with van der Waals surface area (Å²) >= 11 is 0. The molecule has 1 aliphatic rings. The van der Waals surface area contributed by atoms with Gasteiger partial charge in [0.25, 0.3) is 0 Å². The van der Waals surface area contributed by atoms with Crippen LogP contribution in [-0.4, -0.2) is 46.7 Å². The molecule has 0 atom stereocenters. The number of aryl methyl sites for hydroxylation is 1. The third-order valence-corrected chi connectivity index (χ3v) is 8.43. The number of hydrogen-bond acceptors (Lipinski definition) is 6. The summed E-state index contributed by atoms with van der Waals surface area (Å²) in [5.74, 6) is 0.672. The lowest BCUT2D eigenvalue weighted by Crippen LogP contribution is -2.47. The van der Waals surface area contributed by atoms with Crippen LogP contribution in [0.1, 0.15) is 12.5 Å². The first kappa shape index (κ1) is 23.2. The van der Waals surface area contributed by atoms with Crippen molar-refractivity contribution in [2.24, 2.45) is 0 Å². The normalized spacial score (nSPS) is 14.3. The Balaban J connectivity index is 1.60. The van der Waals surface area contributed by atoms with Crippen molar-refractivity contribution in [2.75, 3.05) is 43.1 Å². The Morgan fingerprint density at radius 2 is 1.57 bits per heavy atom. The number of benzene rings is 3. The zero-order valence-corrected chi connectivity index (χ0v) is 20.8. The molecule has 0 unspecified atom stereocenters. The molecular formula is C28H29N3O3S. The summed E-state index contributed by atoms with van der Waals surface area (Å²) in [4.78, 5) is 9.55. The molecule has 1 aromatic heterocycles. The maximum absolute atomic E-state index is 13.9. The van der Waals surface area contributed by atoms with E-state index in [2.05, 4.69) is 33.8 Å². The minimum absolute atomic E-state index is 0.232. The third-order valence-electron chi connectivity index (χ3n) is 6.66. The lowest BCUT2D eigenvalue weighted by Gasteiger charge is -2.38. The Morgan fingerprint density at radius 3 is 2.23 bits per heavy atom. The van der Waals surface area contributed by atoms with Crippen LogP contribution < -0.4 is 14.5 Å². The van der Waals surface area contributed by atoms with Gasteiger partial charge in [0, 0.05) is 43.4 Å². The molecule has 180 valence electrons. The van der Waals surface area contributed by atoms with E-state index in [1.54, 1.807) is 19.2 Å². The Kier molecular flexibility index (Phi) is 6.34. The quantitative estimate of drug-likeness (QED) is 0.383. The number of piperazine rings is 1. The molecule has 1 fully saturated rings. The molecule has 0 radical (unpaired) electrons. The maximum atomic E-state index is 13.9. The number of nitrogens with zero attached hydrogens (tertiary/aromatic N) is 3. The first-order valence-corrected chi connectivity index (χ1v) is 13.4. The number of aromatic nitrogens is 1. The highest BCUT2D eigenvalue weighted by atomic mass is 32.2. The molecule has 3 aromatic carbocycles. The van der Waals surface area contributed by atoms with Crippen LogP contribution in [0.4, 0.5) is 11.4 Å². The molecule has 6 nitrogen and oxygen atoms in total. The molecule has 0 amide bonds. The van der Waals surface area contributed by atoms with Crippen molar-refractivity contribution < 1.29 is 13.2 Å². The minimum atomic E-state index is -3.78. The number of rotatable bonds is 6. The summed E-state index contributed by atoms with van der Waals surface area (Å²) in [6.45, 7) is 5.04. The fraction of sp³-hybridized carbons (Fsp3) is 0.250. The topological polar surface area (TPSA) is 62.7 Å². The summed E-state index contributed by atoms with van der Waals surface area (Å²) in [6, 6.07) is 23.1. The predicted molar refractivity (Wildman–Crippen MR) is 140 cm³/mol. The van der Waals surface area contributed by atoms with E-state index in [9.17, 15) is 8.42 Å². The molecule has 0 N–H and O–H groups in total. The standard InChI is InChI=1S/C28H29N3O3S/c1-3-21-9-12-24(13-10-21)35(32,33)27-20-29-26-14-11-23(34-2)19-25(26)28(27)31-17-15-30(16-18-31)22-7-5-4-6-8-22/h4-14,19-20H,3,15-18H2,1-2H3. The number of para-hydroxylation sites is 1. The lowest BCUT2D eigenvalue weighted by atomic mass is 10.1. The fourth-order valence-electron chi connectivity index (χ4n) is 4.65. The number of sulfone groups is 1. The Bertz CT molecular complexity index is 1430. The van der Waals surface area contributed by atoms with Gasteiger partial charge < -0.3 is 14.5 Å². The number of ether oxygens (including phenoxy) is 1. The second kappa shape index (κ2) is 9.58. The van der Waals surface area contributed by atoms with Gasteiger partial charge in [-0.15, -0.1) is 0 Å². The third kappa shape index (κ3) is 4.44. The second-order valence-corrected chi connectivity index (χ2v) is 10.6. The summed E-state index contributed by atoms with van der Waals surface area (Å²) in [5, 5.41) is 0.781. The van der Waals surface area contributed by atoms with Gasteiger partial charge in [0.05, 0.1) is 23.2 Å². The molecule has 2 heterocycles. The number of fused-ring (bicyclic) bond motifs is 1. The van der Waals surface area contributed by atoms with Gasteiger partial charge in [0.2, 0.25) is 9.84 Å². The van der Waals surface area contributed by atoms with Gasteiger partial charge in [-0.3, -0.25) is 4.98 Å². The van der Waals surface area contributed by atoms with Gasteiger partial charge in [0.15, 0.2) is 0 Å². The molecule has 0 spiro atoms. The average molecular weight is 488 g/mol. The van der Waals surface area contributed by atoms with Gasteiger partial charge in [-0.2, -0.15) is 0 Å². The molecule has 35 heavy (non-hydrogen) atoms. The Labute approximate surface area is 206 Å². The van der Waals surface area contributed by atoms with Crippen molar-refractivity contribution in [3.05, 3.63) is 84.6 Å². The van der Waals surface area contributed by atoms with Gasteiger partial charge in [0.1, 0.15) is 10.6 Å². The van der Waals surface area contributed by atoms with E-state index < -0.39 is 9.84 Å². The molecule has 1 aliphatic heterocycles. The minimum Gasteiger partial charge on any atom is -0.497 e. The summed E-state index contributed by atoms with van der Waals surface area (Å²) in [7, 11) is -2.17. The molecule has 4 aromatic rings. The first-order chi connectivity index (χ1) is 17.0. The molecule has 0 bridgehead atoms. The van der Waals surface area contributed by atoms with Crippen LogP contribution in [0, 0.1) is 0 Å². The molecule has 1 saturated heterocycles. The van der Waals surface area contributed by atoms with E-state index in [4.69, 9.17) is 4.74 Å². The van der Waals surface area contributed by atoms with Gasteiger partial charge in [-0.05, 0) is 54.4 Å². The van der Waals surface area contributed by atoms with E-state index in [-0.39, 0.29) is 9.79 Å². The molecular weight excluding hydrogens is 458 g/mol.